The van der Waals surface area contributed by atoms with Crippen molar-refractivity contribution in [1.29, 1.82) is 0 Å². The van der Waals surface area contributed by atoms with Crippen LogP contribution in [0.25, 0.3) is 0 Å². The summed E-state index contributed by atoms with van der Waals surface area (Å²) in [5.41, 5.74) is 7.86. The van der Waals surface area contributed by atoms with Crippen molar-refractivity contribution in [3.63, 3.8) is 0 Å². The van der Waals surface area contributed by atoms with Crippen LogP contribution in [-0.2, 0) is 38.3 Å². The highest BCUT2D eigenvalue weighted by molar-refractivity contribution is 5.99. The van der Waals surface area contributed by atoms with E-state index in [1.807, 2.05) is 26.1 Å². The van der Waals surface area contributed by atoms with E-state index in [2.05, 4.69) is 62.0 Å². The summed E-state index contributed by atoms with van der Waals surface area (Å²) in [6, 6.07) is -4.19. The Balaban J connectivity index is 1.00. The number of rotatable bonds is 21. The number of ether oxygens (including phenoxy) is 1. The van der Waals surface area contributed by atoms with Crippen molar-refractivity contribution >= 4 is 41.4 Å². The molecule has 6 amide bonds. The van der Waals surface area contributed by atoms with Gasteiger partial charge >= 0.3 is 5.97 Å². The monoisotopic (exact) mass is 974 g/mol. The quantitative estimate of drug-likeness (QED) is 0.0622. The summed E-state index contributed by atoms with van der Waals surface area (Å²) in [6.45, 7) is 17.6. The van der Waals surface area contributed by atoms with E-state index in [1.54, 1.807) is 18.1 Å². The second-order valence-corrected chi connectivity index (χ2v) is 23.4. The fourth-order valence-corrected chi connectivity index (χ4v) is 13.8. The van der Waals surface area contributed by atoms with Crippen LogP contribution >= 0.6 is 0 Å². The molecular formula is C55H87N7O8. The first kappa shape index (κ1) is 54.6. The smallest absolute Gasteiger partial charge is 0.325 e. The van der Waals surface area contributed by atoms with Crippen LogP contribution in [-0.4, -0.2) is 102 Å². The van der Waals surface area contributed by atoms with Gasteiger partial charge in [0, 0.05) is 38.2 Å². The molecule has 0 aromatic heterocycles. The minimum atomic E-state index is -1.25. The van der Waals surface area contributed by atoms with E-state index in [9.17, 15) is 33.6 Å². The average Bonchev–Trinajstić information content (AvgIpc) is 3.94. The molecule has 3 saturated carbocycles. The minimum absolute atomic E-state index is 0.0455. The van der Waals surface area contributed by atoms with E-state index >= 15 is 0 Å². The Morgan fingerprint density at radius 2 is 1.59 bits per heavy atom. The standard InChI is InChI=1S/C55H87N7O8/c1-33(2)13-10-14-35(5)41-19-20-42-40-18-17-38-30-39(23-25-54(38,7)43(40)24-26-55(41,42)8)70-48(64)31-57-52(68)46-16-12-28-62(46)53(69)45(29-34(3)4)60-51(67)44(21-22-47(56)63)59-49(65)36(6)58-50(66)37-15-11-27-61(9)32-37/h11,17,27,32-36,39-46H,10,12-16,18-26,28-31H2,1-9H3,(H2,56,63)(H,57,68)(H,58,66)(H,59,65)(H,60,67)/t35-,36+,39?,40+,41-,42+,43+,44+,45+,46+,54+,55-/m1/s1. The summed E-state index contributed by atoms with van der Waals surface area (Å²) in [5, 5.41) is 10.8. The topological polar surface area (TPSA) is 209 Å². The van der Waals surface area contributed by atoms with Gasteiger partial charge in [0.1, 0.15) is 36.8 Å². The van der Waals surface area contributed by atoms with E-state index in [0.717, 1.165) is 49.4 Å². The number of amides is 6. The van der Waals surface area contributed by atoms with Crippen molar-refractivity contribution < 1.29 is 38.3 Å². The molecule has 0 aromatic carbocycles. The van der Waals surface area contributed by atoms with Crippen molar-refractivity contribution in [2.75, 3.05) is 20.1 Å². The number of likely N-dealkylation sites (tertiary alicyclic amines) is 1. The fourth-order valence-electron chi connectivity index (χ4n) is 13.8. The molecule has 4 aliphatic carbocycles. The zero-order chi connectivity index (χ0) is 51.1. The third-order valence-electron chi connectivity index (χ3n) is 17.5. The van der Waals surface area contributed by atoms with Gasteiger partial charge in [0.2, 0.25) is 35.4 Å². The molecule has 0 radical (unpaired) electrons. The molecule has 6 N–H and O–H groups in total. The number of nitrogens with zero attached hydrogens (tertiary/aromatic N) is 2. The highest BCUT2D eigenvalue weighted by Crippen LogP contribution is 2.67. The van der Waals surface area contributed by atoms with Crippen molar-refractivity contribution in [2.45, 2.75) is 195 Å². The molecule has 0 aromatic rings. The normalized spacial score (nSPS) is 29.9. The van der Waals surface area contributed by atoms with E-state index in [4.69, 9.17) is 10.5 Å². The van der Waals surface area contributed by atoms with Crippen LogP contribution in [0.4, 0.5) is 0 Å². The maximum atomic E-state index is 14.3. The second-order valence-electron chi connectivity index (χ2n) is 23.4. The van der Waals surface area contributed by atoms with E-state index in [1.165, 1.54) is 62.3 Å². The van der Waals surface area contributed by atoms with Crippen LogP contribution in [0.3, 0.4) is 0 Å². The molecule has 2 aliphatic heterocycles. The molecule has 12 atom stereocenters. The minimum Gasteiger partial charge on any atom is -0.461 e. The predicted molar refractivity (Wildman–Crippen MR) is 270 cm³/mol. The van der Waals surface area contributed by atoms with Gasteiger partial charge in [-0.15, -0.1) is 0 Å². The number of hydrogen-bond acceptors (Lipinski definition) is 9. The summed E-state index contributed by atoms with van der Waals surface area (Å²) >= 11 is 0. The SMILES string of the molecule is CC(C)CCC[C@@H](C)[C@H]1CC[C@H]2[C@@H]3CC=C4CC(OC(=O)CNC(=O)[C@@H]5CCCN5C(=O)[C@H](CC(C)C)NC(=O)[C@H](CCC(N)=O)NC(=O)[C@H](C)NC(=O)C5=CN(C)C=CC5)CC[C@]4(C)[C@H]3CC[C@]12C. The number of carbonyl (C=O) groups is 7. The highest BCUT2D eigenvalue weighted by atomic mass is 16.5. The number of nitrogens with one attached hydrogen (secondary N) is 4. The van der Waals surface area contributed by atoms with Crippen LogP contribution < -0.4 is 27.0 Å². The molecule has 1 saturated heterocycles. The van der Waals surface area contributed by atoms with Gasteiger partial charge in [-0.2, -0.15) is 0 Å². The summed E-state index contributed by atoms with van der Waals surface area (Å²) in [6.07, 6.45) is 21.7. The average molecular weight is 974 g/mol. The summed E-state index contributed by atoms with van der Waals surface area (Å²) in [5.74, 6) is 0.560. The summed E-state index contributed by atoms with van der Waals surface area (Å²) in [7, 11) is 1.78. The maximum absolute atomic E-state index is 14.3. The van der Waals surface area contributed by atoms with Gasteiger partial charge in [-0.05, 0) is 142 Å². The maximum Gasteiger partial charge on any atom is 0.325 e. The number of hydrogen-bond donors (Lipinski definition) is 5. The third kappa shape index (κ3) is 13.0. The molecule has 1 unspecified atom stereocenters. The summed E-state index contributed by atoms with van der Waals surface area (Å²) < 4.78 is 6.05. The zero-order valence-corrected chi connectivity index (χ0v) is 43.9. The lowest BCUT2D eigenvalue weighted by Crippen LogP contribution is -2.58. The molecule has 0 spiro atoms. The fraction of sp³-hybridized carbons (Fsp3) is 0.764. The number of fused-ring (bicyclic) bond motifs is 5. The Bertz CT molecular complexity index is 2030. The second kappa shape index (κ2) is 23.7. The first-order valence-corrected chi connectivity index (χ1v) is 26.9. The lowest BCUT2D eigenvalue weighted by atomic mass is 9.47. The molecule has 6 aliphatic rings. The Kier molecular flexibility index (Phi) is 18.5. The number of nitrogens with two attached hydrogens (primary N) is 1. The molecule has 390 valence electrons. The molecular weight excluding hydrogens is 887 g/mol. The van der Waals surface area contributed by atoms with Crippen LogP contribution in [0.2, 0.25) is 0 Å². The number of allylic oxidation sites excluding steroid dienone is 2. The van der Waals surface area contributed by atoms with Crippen molar-refractivity contribution in [2.24, 2.45) is 58.0 Å². The van der Waals surface area contributed by atoms with Gasteiger partial charge in [-0.3, -0.25) is 33.6 Å². The lowest BCUT2D eigenvalue weighted by molar-refractivity contribution is -0.152. The molecule has 2 heterocycles. The number of carbonyl (C=O) groups excluding carboxylic acids is 7. The van der Waals surface area contributed by atoms with Crippen LogP contribution in [0.5, 0.6) is 0 Å². The molecule has 6 rings (SSSR count). The van der Waals surface area contributed by atoms with Gasteiger partial charge in [0.25, 0.3) is 0 Å². The Morgan fingerprint density at radius 1 is 0.843 bits per heavy atom. The first-order chi connectivity index (χ1) is 33.1. The summed E-state index contributed by atoms with van der Waals surface area (Å²) in [4.78, 5) is 96.4. The Morgan fingerprint density at radius 3 is 2.29 bits per heavy atom. The third-order valence-corrected chi connectivity index (χ3v) is 17.5. The van der Waals surface area contributed by atoms with Crippen molar-refractivity contribution in [3.8, 4) is 0 Å². The molecule has 4 fully saturated rings. The van der Waals surface area contributed by atoms with Crippen LogP contribution in [0, 0.1) is 52.3 Å². The van der Waals surface area contributed by atoms with Crippen molar-refractivity contribution in [3.05, 3.63) is 35.7 Å². The Labute approximate surface area is 418 Å². The predicted octanol–water partition coefficient (Wildman–Crippen LogP) is 6.57. The first-order valence-electron chi connectivity index (χ1n) is 26.9. The van der Waals surface area contributed by atoms with Gasteiger partial charge < -0.3 is 41.5 Å². The van der Waals surface area contributed by atoms with Gasteiger partial charge in [-0.25, -0.2) is 0 Å². The van der Waals surface area contributed by atoms with Gasteiger partial charge in [-0.1, -0.05) is 85.5 Å². The molecule has 0 bridgehead atoms. The zero-order valence-electron chi connectivity index (χ0n) is 43.9. The van der Waals surface area contributed by atoms with Gasteiger partial charge in [0.05, 0.1) is 0 Å². The highest BCUT2D eigenvalue weighted by Gasteiger charge is 2.59. The van der Waals surface area contributed by atoms with E-state index < -0.39 is 65.6 Å². The molecule has 15 nitrogen and oxygen atoms in total. The molecule has 70 heavy (non-hydrogen) atoms. The number of primary amides is 1. The Hall–Kier alpha value is -4.69. The van der Waals surface area contributed by atoms with Crippen LogP contribution in [0.1, 0.15) is 165 Å². The van der Waals surface area contributed by atoms with Crippen LogP contribution in [0.15, 0.2) is 35.7 Å². The van der Waals surface area contributed by atoms with E-state index in [-0.39, 0.29) is 49.8 Å². The molecule has 15 heteroatoms. The van der Waals surface area contributed by atoms with Gasteiger partial charge in [0.15, 0.2) is 0 Å². The van der Waals surface area contributed by atoms with Crippen molar-refractivity contribution in [1.82, 2.24) is 31.1 Å². The lowest BCUT2D eigenvalue weighted by Gasteiger charge is -2.58. The largest absolute Gasteiger partial charge is 0.461 e. The number of esters is 1. The van der Waals surface area contributed by atoms with E-state index in [0.29, 0.717) is 42.1 Å².